The number of hydrogen-bond donors (Lipinski definition) is 0. The highest BCUT2D eigenvalue weighted by atomic mass is 16.5. The zero-order chi connectivity index (χ0) is 12.3. The summed E-state index contributed by atoms with van der Waals surface area (Å²) >= 11 is 0. The van der Waals surface area contributed by atoms with Crippen LogP contribution in [0.15, 0.2) is 42.6 Å². The lowest BCUT2D eigenvalue weighted by atomic mass is 10.1. The fraction of sp³-hybridized carbons (Fsp3) is 0.214. The van der Waals surface area contributed by atoms with Crippen LogP contribution in [-0.4, -0.2) is 17.5 Å². The maximum Gasteiger partial charge on any atom is 0.209 e. The minimum absolute atomic E-state index is 0.0412. The molecule has 3 heteroatoms. The van der Waals surface area contributed by atoms with E-state index in [1.54, 1.807) is 31.4 Å². The number of ether oxygens (including phenoxy) is 1. The predicted octanol–water partition coefficient (Wildman–Crippen LogP) is 2.75. The summed E-state index contributed by atoms with van der Waals surface area (Å²) in [7, 11) is 1.61. The molecule has 0 amide bonds. The Hall–Kier alpha value is -2.03. The predicted molar refractivity (Wildman–Crippen MR) is 66.5 cm³/mol. The number of benzene rings is 1. The van der Waals surface area contributed by atoms with E-state index in [0.717, 1.165) is 18.0 Å². The maximum absolute atomic E-state index is 12.2. The molecule has 0 aliphatic carbocycles. The quantitative estimate of drug-likeness (QED) is 0.755. The Labute approximate surface area is 101 Å². The van der Waals surface area contributed by atoms with Crippen LogP contribution in [0.3, 0.4) is 0 Å². The molecule has 0 N–H and O–H groups in total. The molecule has 0 radical (unpaired) electrons. The first kappa shape index (κ1) is 11.5. The Morgan fingerprint density at radius 2 is 1.94 bits per heavy atom. The standard InChI is InChI=1S/C14H15NO2/c1-3-15-10-4-5-13(15)14(16)11-6-8-12(17-2)9-7-11/h4-10H,3H2,1-2H3. The summed E-state index contributed by atoms with van der Waals surface area (Å²) in [5, 5.41) is 0. The van der Waals surface area contributed by atoms with E-state index in [9.17, 15) is 4.79 Å². The van der Waals surface area contributed by atoms with Crippen molar-refractivity contribution in [3.05, 3.63) is 53.9 Å². The minimum Gasteiger partial charge on any atom is -0.497 e. The van der Waals surface area contributed by atoms with Gasteiger partial charge in [-0.2, -0.15) is 0 Å². The van der Waals surface area contributed by atoms with E-state index in [2.05, 4.69) is 0 Å². The van der Waals surface area contributed by atoms with E-state index >= 15 is 0 Å². The van der Waals surface area contributed by atoms with Crippen molar-refractivity contribution in [1.29, 1.82) is 0 Å². The molecule has 0 saturated carbocycles. The average Bonchev–Trinajstić information content (AvgIpc) is 2.86. The fourth-order valence-electron chi connectivity index (χ4n) is 1.79. The van der Waals surface area contributed by atoms with E-state index in [1.807, 2.05) is 29.8 Å². The molecule has 0 bridgehead atoms. The Morgan fingerprint density at radius 3 is 2.53 bits per heavy atom. The molecule has 17 heavy (non-hydrogen) atoms. The zero-order valence-corrected chi connectivity index (χ0v) is 10.0. The maximum atomic E-state index is 12.2. The van der Waals surface area contributed by atoms with Crippen LogP contribution in [-0.2, 0) is 6.54 Å². The Kier molecular flexibility index (Phi) is 3.28. The molecular formula is C14H15NO2. The van der Waals surface area contributed by atoms with Crippen molar-refractivity contribution in [2.24, 2.45) is 0 Å². The number of hydrogen-bond acceptors (Lipinski definition) is 2. The van der Waals surface area contributed by atoms with Crippen molar-refractivity contribution in [1.82, 2.24) is 4.57 Å². The largest absolute Gasteiger partial charge is 0.497 e. The Bertz CT molecular complexity index is 511. The molecule has 3 nitrogen and oxygen atoms in total. The molecule has 2 rings (SSSR count). The lowest BCUT2D eigenvalue weighted by molar-refractivity contribution is 0.103. The number of aryl methyl sites for hydroxylation is 1. The van der Waals surface area contributed by atoms with Gasteiger partial charge in [-0.1, -0.05) is 0 Å². The van der Waals surface area contributed by atoms with Gasteiger partial charge in [0.1, 0.15) is 5.75 Å². The number of ketones is 1. The van der Waals surface area contributed by atoms with Gasteiger partial charge in [-0.25, -0.2) is 0 Å². The molecule has 0 unspecified atom stereocenters. The van der Waals surface area contributed by atoms with Gasteiger partial charge in [0.25, 0.3) is 0 Å². The number of carbonyl (C=O) groups excluding carboxylic acids is 1. The van der Waals surface area contributed by atoms with Crippen LogP contribution in [0.2, 0.25) is 0 Å². The van der Waals surface area contributed by atoms with Gasteiger partial charge in [0, 0.05) is 18.3 Å². The van der Waals surface area contributed by atoms with Crippen molar-refractivity contribution in [3.63, 3.8) is 0 Å². The van der Waals surface area contributed by atoms with E-state index in [4.69, 9.17) is 4.74 Å². The minimum atomic E-state index is 0.0412. The van der Waals surface area contributed by atoms with Crippen LogP contribution in [0.25, 0.3) is 0 Å². The number of aromatic nitrogens is 1. The SMILES string of the molecule is CCn1cccc1C(=O)c1ccc(OC)cc1. The molecule has 0 aliphatic heterocycles. The molecule has 0 saturated heterocycles. The van der Waals surface area contributed by atoms with Crippen LogP contribution < -0.4 is 4.74 Å². The summed E-state index contributed by atoms with van der Waals surface area (Å²) in [6.45, 7) is 2.81. The van der Waals surface area contributed by atoms with Crippen LogP contribution in [0.4, 0.5) is 0 Å². The van der Waals surface area contributed by atoms with Gasteiger partial charge >= 0.3 is 0 Å². The van der Waals surface area contributed by atoms with Gasteiger partial charge < -0.3 is 9.30 Å². The Morgan fingerprint density at radius 1 is 1.24 bits per heavy atom. The topological polar surface area (TPSA) is 31.2 Å². The number of methoxy groups -OCH3 is 1. The van der Waals surface area contributed by atoms with Crippen molar-refractivity contribution in [3.8, 4) is 5.75 Å². The van der Waals surface area contributed by atoms with Crippen LogP contribution in [0.5, 0.6) is 5.75 Å². The molecule has 1 heterocycles. The zero-order valence-electron chi connectivity index (χ0n) is 10.0. The third-order valence-electron chi connectivity index (χ3n) is 2.76. The second-order valence-corrected chi connectivity index (χ2v) is 3.74. The normalized spacial score (nSPS) is 10.2. The van der Waals surface area contributed by atoms with Gasteiger partial charge in [0.2, 0.25) is 5.78 Å². The van der Waals surface area contributed by atoms with Crippen LogP contribution in [0.1, 0.15) is 23.0 Å². The van der Waals surface area contributed by atoms with E-state index in [0.29, 0.717) is 5.56 Å². The average molecular weight is 229 g/mol. The lowest BCUT2D eigenvalue weighted by Crippen LogP contribution is -2.08. The van der Waals surface area contributed by atoms with Crippen LogP contribution >= 0.6 is 0 Å². The van der Waals surface area contributed by atoms with Gasteiger partial charge in [-0.3, -0.25) is 4.79 Å². The highest BCUT2D eigenvalue weighted by Crippen LogP contribution is 2.15. The molecule has 1 aromatic heterocycles. The lowest BCUT2D eigenvalue weighted by Gasteiger charge is -2.06. The Balaban J connectivity index is 2.30. The molecule has 2 aromatic rings. The monoisotopic (exact) mass is 229 g/mol. The first-order chi connectivity index (χ1) is 8.26. The summed E-state index contributed by atoms with van der Waals surface area (Å²) in [5.74, 6) is 0.798. The fourth-order valence-corrected chi connectivity index (χ4v) is 1.79. The van der Waals surface area contributed by atoms with Crippen molar-refractivity contribution >= 4 is 5.78 Å². The highest BCUT2D eigenvalue weighted by Gasteiger charge is 2.12. The highest BCUT2D eigenvalue weighted by molar-refractivity contribution is 6.08. The molecule has 1 aromatic carbocycles. The number of rotatable bonds is 4. The molecule has 88 valence electrons. The molecule has 0 spiro atoms. The third kappa shape index (κ3) is 2.23. The first-order valence-corrected chi connectivity index (χ1v) is 5.60. The van der Waals surface area contributed by atoms with Gasteiger partial charge in [-0.15, -0.1) is 0 Å². The van der Waals surface area contributed by atoms with E-state index in [-0.39, 0.29) is 5.78 Å². The molecule has 0 atom stereocenters. The summed E-state index contributed by atoms with van der Waals surface area (Å²) in [6.07, 6.45) is 1.91. The van der Waals surface area contributed by atoms with Crippen LogP contribution in [0, 0.1) is 0 Å². The summed E-state index contributed by atoms with van der Waals surface area (Å²) in [4.78, 5) is 12.2. The summed E-state index contributed by atoms with van der Waals surface area (Å²) in [5.41, 5.74) is 1.40. The molecule has 0 fully saturated rings. The molecule has 0 aliphatic rings. The number of nitrogens with zero attached hydrogens (tertiary/aromatic N) is 1. The van der Waals surface area contributed by atoms with Crippen molar-refractivity contribution in [2.45, 2.75) is 13.5 Å². The van der Waals surface area contributed by atoms with E-state index < -0.39 is 0 Å². The van der Waals surface area contributed by atoms with Gasteiger partial charge in [0.05, 0.1) is 12.8 Å². The van der Waals surface area contributed by atoms with Crippen molar-refractivity contribution in [2.75, 3.05) is 7.11 Å². The third-order valence-corrected chi connectivity index (χ3v) is 2.76. The molecular weight excluding hydrogens is 214 g/mol. The second kappa shape index (κ2) is 4.87. The first-order valence-electron chi connectivity index (χ1n) is 5.60. The second-order valence-electron chi connectivity index (χ2n) is 3.74. The van der Waals surface area contributed by atoms with Gasteiger partial charge in [-0.05, 0) is 43.3 Å². The van der Waals surface area contributed by atoms with E-state index in [1.165, 1.54) is 0 Å². The number of carbonyl (C=O) groups is 1. The van der Waals surface area contributed by atoms with Gasteiger partial charge in [0.15, 0.2) is 0 Å². The van der Waals surface area contributed by atoms with Crippen molar-refractivity contribution < 1.29 is 9.53 Å². The summed E-state index contributed by atoms with van der Waals surface area (Å²) < 4.78 is 7.01. The summed E-state index contributed by atoms with van der Waals surface area (Å²) in [6, 6.07) is 10.9. The smallest absolute Gasteiger partial charge is 0.209 e.